The van der Waals surface area contributed by atoms with E-state index in [0.717, 1.165) is 6.07 Å². The van der Waals surface area contributed by atoms with Crippen molar-refractivity contribution in [2.45, 2.75) is 12.4 Å². The average Bonchev–Trinajstić information content (AvgIpc) is 2.17. The third kappa shape index (κ3) is 3.64. The molecule has 16 heavy (non-hydrogen) atoms. The maximum absolute atomic E-state index is 12.3. The van der Waals surface area contributed by atoms with Crippen LogP contribution in [0.1, 0.15) is 11.6 Å². The summed E-state index contributed by atoms with van der Waals surface area (Å²) in [4.78, 5) is 0. The molecule has 0 aliphatic heterocycles. The van der Waals surface area contributed by atoms with Crippen molar-refractivity contribution < 1.29 is 22.3 Å². The van der Waals surface area contributed by atoms with Gasteiger partial charge < -0.3 is 10.5 Å². The van der Waals surface area contributed by atoms with Gasteiger partial charge in [-0.1, -0.05) is 15.9 Å². The smallest absolute Gasteiger partial charge is 0.405 e. The van der Waals surface area contributed by atoms with Gasteiger partial charge in [0.1, 0.15) is 12.4 Å². The van der Waals surface area contributed by atoms with Gasteiger partial charge in [0.25, 0.3) is 0 Å². The molecule has 0 aromatic heterocycles. The number of alkyl halides is 4. The molecule has 1 atom stereocenters. The van der Waals surface area contributed by atoms with Crippen LogP contribution in [0, 0.1) is 0 Å². The number of halogens is 5. The van der Waals surface area contributed by atoms with Crippen molar-refractivity contribution in [2.24, 2.45) is 5.73 Å². The van der Waals surface area contributed by atoms with Gasteiger partial charge in [0.05, 0.1) is 6.04 Å². The summed E-state index contributed by atoms with van der Waals surface area (Å²) >= 11 is 3.06. The summed E-state index contributed by atoms with van der Waals surface area (Å²) in [5, 5.41) is 0. The lowest BCUT2D eigenvalue weighted by Gasteiger charge is -2.16. The van der Waals surface area contributed by atoms with Crippen LogP contribution >= 0.6 is 15.9 Å². The van der Waals surface area contributed by atoms with E-state index in [1.807, 2.05) is 0 Å². The third-order valence-electron chi connectivity index (χ3n) is 1.76. The molecule has 0 heterocycles. The van der Waals surface area contributed by atoms with Crippen molar-refractivity contribution in [1.82, 2.24) is 0 Å². The van der Waals surface area contributed by atoms with Crippen molar-refractivity contribution in [3.05, 3.63) is 28.2 Å². The third-order valence-corrected chi connectivity index (χ3v) is 2.26. The fraction of sp³-hybridized carbons (Fsp3) is 0.333. The van der Waals surface area contributed by atoms with E-state index in [2.05, 4.69) is 20.7 Å². The van der Waals surface area contributed by atoms with Crippen molar-refractivity contribution in [3.63, 3.8) is 0 Å². The minimum Gasteiger partial charge on any atom is -0.405 e. The Morgan fingerprint density at radius 3 is 2.50 bits per heavy atom. The highest BCUT2D eigenvalue weighted by Gasteiger charge is 2.32. The summed E-state index contributed by atoms with van der Waals surface area (Å²) in [5.74, 6) is -0.485. The molecule has 0 unspecified atom stereocenters. The second kappa shape index (κ2) is 5.01. The fourth-order valence-electron chi connectivity index (χ4n) is 1.11. The lowest BCUT2D eigenvalue weighted by molar-refractivity contribution is -0.275. The van der Waals surface area contributed by atoms with Crippen molar-refractivity contribution >= 4 is 15.9 Å². The number of hydrogen-bond donors (Lipinski definition) is 1. The van der Waals surface area contributed by atoms with E-state index in [1.165, 1.54) is 12.1 Å². The van der Waals surface area contributed by atoms with E-state index in [0.29, 0.717) is 4.47 Å². The lowest BCUT2D eigenvalue weighted by Crippen LogP contribution is -2.21. The molecule has 0 aliphatic rings. The van der Waals surface area contributed by atoms with E-state index in [4.69, 9.17) is 5.73 Å². The van der Waals surface area contributed by atoms with E-state index in [9.17, 15) is 17.6 Å². The van der Waals surface area contributed by atoms with Crippen molar-refractivity contribution in [1.29, 1.82) is 0 Å². The average molecular weight is 302 g/mol. The first kappa shape index (κ1) is 13.2. The van der Waals surface area contributed by atoms with Gasteiger partial charge in [-0.3, -0.25) is 0 Å². The Morgan fingerprint density at radius 1 is 1.38 bits per heavy atom. The van der Waals surface area contributed by atoms with E-state index >= 15 is 0 Å². The Morgan fingerprint density at radius 2 is 2.00 bits per heavy atom. The fourth-order valence-corrected chi connectivity index (χ4v) is 1.49. The molecular formula is C9H8BrF4NO. The molecule has 90 valence electrons. The first-order valence-electron chi connectivity index (χ1n) is 4.20. The predicted octanol–water partition coefficient (Wildman–Crippen LogP) is 3.32. The minimum atomic E-state index is -4.82. The molecule has 0 spiro atoms. The summed E-state index contributed by atoms with van der Waals surface area (Å²) in [6, 6.07) is 2.60. The second-order valence-corrected chi connectivity index (χ2v) is 3.91. The van der Waals surface area contributed by atoms with Gasteiger partial charge in [-0.2, -0.15) is 0 Å². The van der Waals surface area contributed by atoms with Gasteiger partial charge >= 0.3 is 6.36 Å². The standard InChI is InChI=1S/C9H8BrF4NO/c10-5-1-2-8(16-9(12,13)14)6(3-5)7(15)4-11/h1-3,7H,4,15H2/t7-/m0/s1. The Labute approximate surface area is 97.5 Å². The first-order valence-corrected chi connectivity index (χ1v) is 4.99. The summed E-state index contributed by atoms with van der Waals surface area (Å²) in [7, 11) is 0. The lowest BCUT2D eigenvalue weighted by atomic mass is 10.1. The predicted molar refractivity (Wildman–Crippen MR) is 53.7 cm³/mol. The monoisotopic (exact) mass is 301 g/mol. The summed E-state index contributed by atoms with van der Waals surface area (Å²) in [6.45, 7) is -0.968. The summed E-state index contributed by atoms with van der Waals surface area (Å²) in [6.07, 6.45) is -4.82. The molecule has 1 rings (SSSR count). The number of ether oxygens (including phenoxy) is 1. The van der Waals surface area contributed by atoms with Gasteiger partial charge in [0, 0.05) is 10.0 Å². The number of hydrogen-bond acceptors (Lipinski definition) is 2. The molecule has 7 heteroatoms. The molecule has 0 saturated heterocycles. The van der Waals surface area contributed by atoms with Gasteiger partial charge in [-0.05, 0) is 18.2 Å². The zero-order valence-corrected chi connectivity index (χ0v) is 9.48. The van der Waals surface area contributed by atoms with E-state index < -0.39 is 24.8 Å². The first-order chi connectivity index (χ1) is 7.33. The summed E-state index contributed by atoms with van der Waals surface area (Å²) in [5.41, 5.74) is 5.31. The second-order valence-electron chi connectivity index (χ2n) is 2.99. The van der Waals surface area contributed by atoms with Gasteiger partial charge in [-0.15, -0.1) is 13.2 Å². The van der Waals surface area contributed by atoms with Crippen LogP contribution < -0.4 is 10.5 Å². The SMILES string of the molecule is N[C@@H](CF)c1cc(Br)ccc1OC(F)(F)F. The van der Waals surface area contributed by atoms with Crippen LogP contribution in [-0.2, 0) is 0 Å². The zero-order valence-electron chi connectivity index (χ0n) is 7.89. The van der Waals surface area contributed by atoms with Crippen LogP contribution in [0.2, 0.25) is 0 Å². The topological polar surface area (TPSA) is 35.2 Å². The van der Waals surface area contributed by atoms with Gasteiger partial charge in [0.2, 0.25) is 0 Å². The Kier molecular flexibility index (Phi) is 4.15. The number of benzene rings is 1. The van der Waals surface area contributed by atoms with Crippen molar-refractivity contribution in [3.8, 4) is 5.75 Å². The maximum atomic E-state index is 12.3. The van der Waals surface area contributed by atoms with Crippen LogP contribution in [0.4, 0.5) is 17.6 Å². The van der Waals surface area contributed by atoms with Crippen LogP contribution in [-0.4, -0.2) is 13.0 Å². The molecule has 1 aromatic rings. The minimum absolute atomic E-state index is 0.0331. The molecule has 1 aromatic carbocycles. The zero-order chi connectivity index (χ0) is 12.3. The molecule has 0 bridgehead atoms. The molecule has 0 radical (unpaired) electrons. The normalized spacial score (nSPS) is 13.6. The quantitative estimate of drug-likeness (QED) is 0.869. The number of rotatable bonds is 3. The van der Waals surface area contributed by atoms with Crippen molar-refractivity contribution in [2.75, 3.05) is 6.67 Å². The molecular weight excluding hydrogens is 294 g/mol. The molecule has 2 nitrogen and oxygen atoms in total. The van der Waals surface area contributed by atoms with Crippen LogP contribution in [0.5, 0.6) is 5.75 Å². The highest BCUT2D eigenvalue weighted by Crippen LogP contribution is 2.31. The molecule has 2 N–H and O–H groups in total. The largest absolute Gasteiger partial charge is 0.573 e. The Balaban J connectivity index is 3.07. The Hall–Kier alpha value is -0.820. The molecule has 0 aliphatic carbocycles. The highest BCUT2D eigenvalue weighted by atomic mass is 79.9. The summed E-state index contributed by atoms with van der Waals surface area (Å²) < 4.78 is 52.6. The van der Waals surface area contributed by atoms with Gasteiger partial charge in [0.15, 0.2) is 0 Å². The Bertz CT molecular complexity index is 369. The number of nitrogens with two attached hydrogens (primary N) is 1. The van der Waals surface area contributed by atoms with E-state index in [-0.39, 0.29) is 5.56 Å². The highest BCUT2D eigenvalue weighted by molar-refractivity contribution is 9.10. The molecule has 0 amide bonds. The van der Waals surface area contributed by atoms with Crippen LogP contribution in [0.3, 0.4) is 0 Å². The molecule has 0 saturated carbocycles. The maximum Gasteiger partial charge on any atom is 0.573 e. The van der Waals surface area contributed by atoms with Crippen LogP contribution in [0.15, 0.2) is 22.7 Å². The van der Waals surface area contributed by atoms with Crippen LogP contribution in [0.25, 0.3) is 0 Å². The van der Waals surface area contributed by atoms with Gasteiger partial charge in [-0.25, -0.2) is 4.39 Å². The van der Waals surface area contributed by atoms with E-state index in [1.54, 1.807) is 0 Å². The molecule has 0 fully saturated rings.